The highest BCUT2D eigenvalue weighted by atomic mass is 79.9. The first kappa shape index (κ1) is 12.5. The van der Waals surface area contributed by atoms with E-state index >= 15 is 0 Å². The first-order valence-electron chi connectivity index (χ1n) is 5.74. The topological polar surface area (TPSA) is 51.2 Å². The van der Waals surface area contributed by atoms with Gasteiger partial charge in [-0.1, -0.05) is 6.07 Å². The smallest absolute Gasteiger partial charge is 0.269 e. The number of pyridine rings is 1. The van der Waals surface area contributed by atoms with Crippen molar-refractivity contribution < 1.29 is 9.53 Å². The van der Waals surface area contributed by atoms with Crippen LogP contribution in [0.25, 0.3) is 0 Å². The van der Waals surface area contributed by atoms with Crippen molar-refractivity contribution in [3.8, 4) is 0 Å². The number of nitrogens with zero attached hydrogens (tertiary/aromatic N) is 1. The third-order valence-electron chi connectivity index (χ3n) is 2.84. The molecule has 2 rings (SSSR count). The van der Waals surface area contributed by atoms with E-state index in [1.807, 2.05) is 0 Å². The number of nitrogens with one attached hydrogen (secondary N) is 1. The SMILES string of the molecule is O=C(NCC1CCOCC1)c1cccc(Br)n1. The number of aromatic nitrogens is 1. The lowest BCUT2D eigenvalue weighted by atomic mass is 10.0. The molecule has 17 heavy (non-hydrogen) atoms. The van der Waals surface area contributed by atoms with E-state index in [1.54, 1.807) is 18.2 Å². The zero-order valence-corrected chi connectivity index (χ0v) is 11.1. The van der Waals surface area contributed by atoms with Gasteiger partial charge in [0, 0.05) is 19.8 Å². The summed E-state index contributed by atoms with van der Waals surface area (Å²) in [6.07, 6.45) is 2.04. The van der Waals surface area contributed by atoms with Crippen LogP contribution in [0.4, 0.5) is 0 Å². The van der Waals surface area contributed by atoms with Gasteiger partial charge in [-0.15, -0.1) is 0 Å². The lowest BCUT2D eigenvalue weighted by molar-refractivity contribution is 0.0642. The molecular weight excluding hydrogens is 284 g/mol. The summed E-state index contributed by atoms with van der Waals surface area (Å²) in [6, 6.07) is 5.32. The molecule has 1 aliphatic heterocycles. The molecule has 1 aromatic heterocycles. The van der Waals surface area contributed by atoms with Crippen molar-refractivity contribution in [1.82, 2.24) is 10.3 Å². The summed E-state index contributed by atoms with van der Waals surface area (Å²) in [5, 5.41) is 2.92. The highest BCUT2D eigenvalue weighted by Gasteiger charge is 2.15. The second-order valence-electron chi connectivity index (χ2n) is 4.11. The van der Waals surface area contributed by atoms with Crippen LogP contribution < -0.4 is 5.32 Å². The molecule has 1 saturated heterocycles. The minimum Gasteiger partial charge on any atom is -0.381 e. The molecule has 1 amide bonds. The fourth-order valence-electron chi connectivity index (χ4n) is 1.81. The van der Waals surface area contributed by atoms with Gasteiger partial charge in [-0.05, 0) is 46.8 Å². The molecule has 1 aliphatic rings. The Morgan fingerprint density at radius 1 is 1.47 bits per heavy atom. The third kappa shape index (κ3) is 3.78. The van der Waals surface area contributed by atoms with Crippen LogP contribution >= 0.6 is 15.9 Å². The summed E-state index contributed by atoms with van der Waals surface area (Å²) in [4.78, 5) is 15.9. The number of amides is 1. The maximum absolute atomic E-state index is 11.8. The summed E-state index contributed by atoms with van der Waals surface area (Å²) < 4.78 is 5.95. The van der Waals surface area contributed by atoms with E-state index in [2.05, 4.69) is 26.2 Å². The Kier molecular flexibility index (Phi) is 4.50. The fourth-order valence-corrected chi connectivity index (χ4v) is 2.16. The minimum atomic E-state index is -0.113. The first-order valence-corrected chi connectivity index (χ1v) is 6.53. The molecular formula is C12H15BrN2O2. The normalized spacial score (nSPS) is 16.8. The van der Waals surface area contributed by atoms with Gasteiger partial charge in [-0.3, -0.25) is 4.79 Å². The molecule has 92 valence electrons. The standard InChI is InChI=1S/C12H15BrN2O2/c13-11-3-1-2-10(15-11)12(16)14-8-9-4-6-17-7-5-9/h1-3,9H,4-8H2,(H,14,16). The van der Waals surface area contributed by atoms with Crippen LogP contribution in [0.2, 0.25) is 0 Å². The maximum Gasteiger partial charge on any atom is 0.269 e. The quantitative estimate of drug-likeness (QED) is 0.869. The number of halogens is 1. The molecule has 0 atom stereocenters. The zero-order valence-electron chi connectivity index (χ0n) is 9.49. The van der Waals surface area contributed by atoms with E-state index < -0.39 is 0 Å². The molecule has 0 aromatic carbocycles. The van der Waals surface area contributed by atoms with E-state index in [4.69, 9.17) is 4.74 Å². The molecule has 0 unspecified atom stereocenters. The van der Waals surface area contributed by atoms with Gasteiger partial charge in [0.05, 0.1) is 0 Å². The monoisotopic (exact) mass is 298 g/mol. The number of hydrogen-bond donors (Lipinski definition) is 1. The Balaban J connectivity index is 1.84. The number of carbonyl (C=O) groups excluding carboxylic acids is 1. The number of rotatable bonds is 3. The molecule has 0 spiro atoms. The van der Waals surface area contributed by atoms with Crippen molar-refractivity contribution in [3.63, 3.8) is 0 Å². The summed E-state index contributed by atoms with van der Waals surface area (Å²) in [5.74, 6) is 0.414. The van der Waals surface area contributed by atoms with Crippen LogP contribution in [-0.4, -0.2) is 30.6 Å². The van der Waals surface area contributed by atoms with Gasteiger partial charge < -0.3 is 10.1 Å². The van der Waals surface area contributed by atoms with Crippen molar-refractivity contribution in [1.29, 1.82) is 0 Å². The Morgan fingerprint density at radius 2 is 2.24 bits per heavy atom. The molecule has 2 heterocycles. The van der Waals surface area contributed by atoms with Crippen molar-refractivity contribution in [3.05, 3.63) is 28.5 Å². The molecule has 4 nitrogen and oxygen atoms in total. The summed E-state index contributed by atoms with van der Waals surface area (Å²) in [5.41, 5.74) is 0.450. The average molecular weight is 299 g/mol. The lowest BCUT2D eigenvalue weighted by Gasteiger charge is -2.22. The van der Waals surface area contributed by atoms with Crippen LogP contribution in [0.3, 0.4) is 0 Å². The Bertz CT molecular complexity index is 392. The largest absolute Gasteiger partial charge is 0.381 e. The Labute approximate surface area is 109 Å². The van der Waals surface area contributed by atoms with E-state index in [1.165, 1.54) is 0 Å². The predicted molar refractivity (Wildman–Crippen MR) is 67.8 cm³/mol. The van der Waals surface area contributed by atoms with Gasteiger partial charge in [0.2, 0.25) is 0 Å². The van der Waals surface area contributed by atoms with E-state index in [0.717, 1.165) is 26.1 Å². The maximum atomic E-state index is 11.8. The molecule has 5 heteroatoms. The Hall–Kier alpha value is -0.940. The zero-order chi connectivity index (χ0) is 12.1. The van der Waals surface area contributed by atoms with Gasteiger partial charge in [-0.25, -0.2) is 4.98 Å². The molecule has 0 saturated carbocycles. The third-order valence-corrected chi connectivity index (χ3v) is 3.28. The van der Waals surface area contributed by atoms with Crippen molar-refractivity contribution in [2.75, 3.05) is 19.8 Å². The van der Waals surface area contributed by atoms with Crippen molar-refractivity contribution in [2.45, 2.75) is 12.8 Å². The van der Waals surface area contributed by atoms with Gasteiger partial charge >= 0.3 is 0 Å². The van der Waals surface area contributed by atoms with Crippen LogP contribution in [0.15, 0.2) is 22.8 Å². The minimum absolute atomic E-state index is 0.113. The molecule has 1 N–H and O–H groups in total. The summed E-state index contributed by atoms with van der Waals surface area (Å²) in [7, 11) is 0. The molecule has 1 fully saturated rings. The van der Waals surface area contributed by atoms with E-state index in [0.29, 0.717) is 22.8 Å². The average Bonchev–Trinajstić information content (AvgIpc) is 2.37. The van der Waals surface area contributed by atoms with Crippen LogP contribution in [-0.2, 0) is 4.74 Å². The van der Waals surface area contributed by atoms with Crippen LogP contribution in [0.5, 0.6) is 0 Å². The first-order chi connectivity index (χ1) is 8.25. The van der Waals surface area contributed by atoms with Gasteiger partial charge in [0.1, 0.15) is 10.3 Å². The van der Waals surface area contributed by atoms with Gasteiger partial charge in [-0.2, -0.15) is 0 Å². The lowest BCUT2D eigenvalue weighted by Crippen LogP contribution is -2.32. The van der Waals surface area contributed by atoms with Crippen LogP contribution in [0.1, 0.15) is 23.3 Å². The summed E-state index contributed by atoms with van der Waals surface area (Å²) >= 11 is 3.25. The predicted octanol–water partition coefficient (Wildman–Crippen LogP) is 2.00. The number of ether oxygens (including phenoxy) is 1. The molecule has 1 aromatic rings. The van der Waals surface area contributed by atoms with Crippen LogP contribution in [0, 0.1) is 5.92 Å². The molecule has 0 radical (unpaired) electrons. The number of carbonyl (C=O) groups is 1. The summed E-state index contributed by atoms with van der Waals surface area (Å²) in [6.45, 7) is 2.31. The van der Waals surface area contributed by atoms with E-state index in [9.17, 15) is 4.79 Å². The van der Waals surface area contributed by atoms with Gasteiger partial charge in [0.15, 0.2) is 0 Å². The molecule has 0 bridgehead atoms. The second-order valence-corrected chi connectivity index (χ2v) is 4.92. The second kappa shape index (κ2) is 6.12. The highest BCUT2D eigenvalue weighted by Crippen LogP contribution is 2.13. The van der Waals surface area contributed by atoms with Crippen molar-refractivity contribution in [2.24, 2.45) is 5.92 Å². The number of hydrogen-bond acceptors (Lipinski definition) is 3. The fraction of sp³-hybridized carbons (Fsp3) is 0.500. The Morgan fingerprint density at radius 3 is 2.94 bits per heavy atom. The van der Waals surface area contributed by atoms with E-state index in [-0.39, 0.29) is 5.91 Å². The highest BCUT2D eigenvalue weighted by molar-refractivity contribution is 9.10. The van der Waals surface area contributed by atoms with Crippen molar-refractivity contribution >= 4 is 21.8 Å². The molecule has 0 aliphatic carbocycles. The van der Waals surface area contributed by atoms with Gasteiger partial charge in [0.25, 0.3) is 5.91 Å².